The minimum absolute atomic E-state index is 0.0289. The van der Waals surface area contributed by atoms with E-state index in [1.807, 2.05) is 79.7 Å². The van der Waals surface area contributed by atoms with Crippen LogP contribution in [0.15, 0.2) is 72.8 Å². The maximum atomic E-state index is 13.7. The largest absolute Gasteiger partial charge is 0.475 e. The van der Waals surface area contributed by atoms with E-state index in [-0.39, 0.29) is 32.3 Å². The lowest BCUT2D eigenvalue weighted by atomic mass is 9.97. The summed E-state index contributed by atoms with van der Waals surface area (Å²) in [6, 6.07) is 21.9. The van der Waals surface area contributed by atoms with E-state index in [0.717, 1.165) is 46.2 Å². The number of ether oxygens (including phenoxy) is 3. The number of phosphoric ester groups is 1. The fourth-order valence-corrected chi connectivity index (χ4v) is 7.31. The van der Waals surface area contributed by atoms with Gasteiger partial charge in [-0.05, 0) is 39.8 Å². The van der Waals surface area contributed by atoms with E-state index >= 15 is 0 Å². The molecule has 12 heteroatoms. The van der Waals surface area contributed by atoms with Crippen molar-refractivity contribution in [3.05, 3.63) is 95.1 Å². The Bertz CT molecular complexity index is 1460. The summed E-state index contributed by atoms with van der Waals surface area (Å²) in [5.41, 5.74) is 5.85. The van der Waals surface area contributed by atoms with Gasteiger partial charge in [-0.2, -0.15) is 0 Å². The number of benzene rings is 3. The van der Waals surface area contributed by atoms with Gasteiger partial charge in [0.1, 0.15) is 31.0 Å². The van der Waals surface area contributed by atoms with Crippen LogP contribution in [0.2, 0.25) is 0 Å². The predicted octanol–water partition coefficient (Wildman–Crippen LogP) is 5.03. The summed E-state index contributed by atoms with van der Waals surface area (Å²) in [6.07, 6.45) is -4.79. The standard InChI is InChI=1S/C33H38NO10P/c1-2-3-16-39-20-28-31(44-45(38)41-17-21-10-4-5-11-22(21)18-42-45)30(35)29(32(36)43-28)34-33(37)40-19-27-25-14-8-6-12-23(25)24-13-7-9-15-26(24)27/h4-15,27-32,35-36H,2-3,16-20H2,1H3,(H,34,37)/t28?,29-,30?,31+,32+/m0/s1. The van der Waals surface area contributed by atoms with E-state index in [2.05, 4.69) is 5.32 Å². The maximum Gasteiger partial charge on any atom is 0.475 e. The number of alkyl carbamates (subject to hydrolysis) is 1. The quantitative estimate of drug-likeness (QED) is 0.204. The number of hydrogen-bond acceptors (Lipinski definition) is 10. The van der Waals surface area contributed by atoms with E-state index in [1.54, 1.807) is 0 Å². The van der Waals surface area contributed by atoms with Crippen LogP contribution in [-0.4, -0.2) is 66.8 Å². The first-order chi connectivity index (χ1) is 21.9. The summed E-state index contributed by atoms with van der Waals surface area (Å²) in [5.74, 6) is -0.180. The molecule has 1 saturated heterocycles. The summed E-state index contributed by atoms with van der Waals surface area (Å²) < 4.78 is 47.8. The zero-order valence-electron chi connectivity index (χ0n) is 24.9. The Hall–Kier alpha value is -3.12. The molecule has 2 unspecified atom stereocenters. The van der Waals surface area contributed by atoms with Crippen LogP contribution in [0.4, 0.5) is 4.79 Å². The maximum absolute atomic E-state index is 13.7. The average Bonchev–Trinajstić information content (AvgIpc) is 3.27. The molecule has 240 valence electrons. The van der Waals surface area contributed by atoms with Gasteiger partial charge in [0.05, 0.1) is 19.8 Å². The highest BCUT2D eigenvalue weighted by Crippen LogP contribution is 2.55. The van der Waals surface area contributed by atoms with Crippen LogP contribution >= 0.6 is 7.82 Å². The van der Waals surface area contributed by atoms with Gasteiger partial charge in [0.25, 0.3) is 0 Å². The second kappa shape index (κ2) is 14.1. The molecule has 0 saturated carbocycles. The highest BCUT2D eigenvalue weighted by atomic mass is 31.2. The second-order valence-corrected chi connectivity index (χ2v) is 12.9. The van der Waals surface area contributed by atoms with E-state index in [1.165, 1.54) is 0 Å². The van der Waals surface area contributed by atoms with Crippen molar-refractivity contribution in [3.63, 3.8) is 0 Å². The molecule has 1 amide bonds. The number of fused-ring (bicyclic) bond motifs is 4. The van der Waals surface area contributed by atoms with Gasteiger partial charge in [0, 0.05) is 12.5 Å². The molecule has 3 aromatic carbocycles. The Labute approximate surface area is 262 Å². The first-order valence-electron chi connectivity index (χ1n) is 15.2. The molecule has 2 heterocycles. The second-order valence-electron chi connectivity index (χ2n) is 11.3. The Kier molecular flexibility index (Phi) is 9.99. The van der Waals surface area contributed by atoms with Crippen LogP contribution in [0.25, 0.3) is 11.1 Å². The van der Waals surface area contributed by atoms with Gasteiger partial charge in [-0.15, -0.1) is 0 Å². The fraction of sp³-hybridized carbons (Fsp3) is 0.424. The Morgan fingerprint density at radius 1 is 0.911 bits per heavy atom. The molecule has 6 rings (SSSR count). The Balaban J connectivity index is 1.14. The summed E-state index contributed by atoms with van der Waals surface area (Å²) in [7, 11) is -4.22. The van der Waals surface area contributed by atoms with Crippen LogP contribution in [0.3, 0.4) is 0 Å². The number of carbonyl (C=O) groups is 1. The van der Waals surface area contributed by atoms with Crippen LogP contribution in [-0.2, 0) is 45.6 Å². The monoisotopic (exact) mass is 639 g/mol. The highest BCUT2D eigenvalue weighted by Gasteiger charge is 2.50. The molecule has 5 atom stereocenters. The Morgan fingerprint density at radius 2 is 1.51 bits per heavy atom. The lowest BCUT2D eigenvalue weighted by Crippen LogP contribution is -2.64. The average molecular weight is 640 g/mol. The summed E-state index contributed by atoms with van der Waals surface area (Å²) in [6.45, 7) is 2.33. The SMILES string of the molecule is CCCCOCC1O[C@@H](O)[C@@H](NC(=O)OCC2c3ccccc3-c3ccccc32)C(O)[C@@H]1OP1(=O)OCc2ccccc2CO1. The molecular formula is C33H38NO10P. The molecule has 1 fully saturated rings. The minimum atomic E-state index is -4.22. The number of hydrogen-bond donors (Lipinski definition) is 3. The number of carbonyl (C=O) groups excluding carboxylic acids is 1. The van der Waals surface area contributed by atoms with Crippen molar-refractivity contribution >= 4 is 13.9 Å². The topological polar surface area (TPSA) is 142 Å². The number of aliphatic hydroxyl groups excluding tert-OH is 2. The van der Waals surface area contributed by atoms with Gasteiger partial charge in [0.2, 0.25) is 0 Å². The predicted molar refractivity (Wildman–Crippen MR) is 163 cm³/mol. The van der Waals surface area contributed by atoms with Crippen molar-refractivity contribution in [1.82, 2.24) is 5.32 Å². The molecule has 0 spiro atoms. The van der Waals surface area contributed by atoms with Crippen molar-refractivity contribution in [3.8, 4) is 11.1 Å². The number of phosphoric acid groups is 1. The van der Waals surface area contributed by atoms with Gasteiger partial charge in [-0.3, -0.25) is 13.6 Å². The number of nitrogens with one attached hydrogen (secondary N) is 1. The third-order valence-electron chi connectivity index (χ3n) is 8.37. The van der Waals surface area contributed by atoms with Crippen molar-refractivity contribution in [2.45, 2.75) is 69.5 Å². The number of amides is 1. The Morgan fingerprint density at radius 3 is 2.13 bits per heavy atom. The molecule has 11 nitrogen and oxygen atoms in total. The molecular weight excluding hydrogens is 601 g/mol. The lowest BCUT2D eigenvalue weighted by molar-refractivity contribution is -0.253. The zero-order valence-corrected chi connectivity index (χ0v) is 25.8. The van der Waals surface area contributed by atoms with Crippen molar-refractivity contribution in [1.29, 1.82) is 0 Å². The van der Waals surface area contributed by atoms with Crippen LogP contribution in [0, 0.1) is 0 Å². The molecule has 2 aliphatic heterocycles. The molecule has 45 heavy (non-hydrogen) atoms. The normalized spacial score (nSPS) is 25.4. The van der Waals surface area contributed by atoms with Gasteiger partial charge in [0.15, 0.2) is 6.29 Å². The summed E-state index contributed by atoms with van der Waals surface area (Å²) >= 11 is 0. The minimum Gasteiger partial charge on any atom is -0.449 e. The number of aliphatic hydroxyl groups is 2. The van der Waals surface area contributed by atoms with Crippen LogP contribution in [0.1, 0.15) is 47.9 Å². The van der Waals surface area contributed by atoms with Crippen molar-refractivity contribution in [2.75, 3.05) is 19.8 Å². The van der Waals surface area contributed by atoms with Gasteiger partial charge in [-0.1, -0.05) is 86.1 Å². The third kappa shape index (κ3) is 7.01. The zero-order chi connectivity index (χ0) is 31.4. The van der Waals surface area contributed by atoms with Crippen molar-refractivity contribution < 1.29 is 47.4 Å². The van der Waals surface area contributed by atoms with E-state index < -0.39 is 44.6 Å². The number of unbranched alkanes of at least 4 members (excludes halogenated alkanes) is 1. The molecule has 3 N–H and O–H groups in total. The van der Waals surface area contributed by atoms with Crippen molar-refractivity contribution in [2.24, 2.45) is 0 Å². The number of rotatable bonds is 10. The molecule has 0 radical (unpaired) electrons. The van der Waals surface area contributed by atoms with Gasteiger partial charge < -0.3 is 29.7 Å². The smallest absolute Gasteiger partial charge is 0.449 e. The van der Waals surface area contributed by atoms with E-state index in [0.29, 0.717) is 6.61 Å². The summed E-state index contributed by atoms with van der Waals surface area (Å²) in [4.78, 5) is 13.1. The van der Waals surface area contributed by atoms with Gasteiger partial charge in [-0.25, -0.2) is 9.36 Å². The molecule has 3 aromatic rings. The van der Waals surface area contributed by atoms with E-state index in [9.17, 15) is 19.6 Å². The first kappa shape index (κ1) is 31.8. The van der Waals surface area contributed by atoms with Crippen LogP contribution in [0.5, 0.6) is 0 Å². The molecule has 0 bridgehead atoms. The molecule has 0 aromatic heterocycles. The van der Waals surface area contributed by atoms with Crippen LogP contribution < -0.4 is 5.32 Å². The highest BCUT2D eigenvalue weighted by molar-refractivity contribution is 7.48. The lowest BCUT2D eigenvalue weighted by Gasteiger charge is -2.42. The molecule has 1 aliphatic carbocycles. The first-order valence-corrected chi connectivity index (χ1v) is 16.7. The van der Waals surface area contributed by atoms with E-state index in [4.69, 9.17) is 27.8 Å². The van der Waals surface area contributed by atoms with Gasteiger partial charge >= 0.3 is 13.9 Å². The third-order valence-corrected chi connectivity index (χ3v) is 9.76. The fourth-order valence-electron chi connectivity index (χ4n) is 5.96. The molecule has 3 aliphatic rings. The summed E-state index contributed by atoms with van der Waals surface area (Å²) in [5, 5.41) is 24.8.